The maximum absolute atomic E-state index is 14.0. The average Bonchev–Trinajstić information content (AvgIpc) is 3.16. The number of unbranched alkanes of at least 4 members (excludes halogenated alkanes) is 1. The molecule has 6 heteroatoms. The predicted octanol–water partition coefficient (Wildman–Crippen LogP) is 6.25. The Hall–Kier alpha value is -2.96. The number of carbonyl (C=O) groups excluding carboxylic acids is 1. The highest BCUT2D eigenvalue weighted by Crippen LogP contribution is 2.36. The Kier molecular flexibility index (Phi) is 8.83. The number of allylic oxidation sites excluding steroid dienone is 6. The lowest BCUT2D eigenvalue weighted by molar-refractivity contribution is 0.0982. The summed E-state index contributed by atoms with van der Waals surface area (Å²) in [5.41, 5.74) is 3.57. The lowest BCUT2D eigenvalue weighted by atomic mass is 9.91. The van der Waals surface area contributed by atoms with Crippen molar-refractivity contribution in [3.05, 3.63) is 95.1 Å². The summed E-state index contributed by atoms with van der Waals surface area (Å²) in [5.74, 6) is 0.686. The molecule has 37 heavy (non-hydrogen) atoms. The topological polar surface area (TPSA) is 66.5 Å². The molecule has 0 aromatic heterocycles. The highest BCUT2D eigenvalue weighted by molar-refractivity contribution is 7.93. The zero-order valence-electron chi connectivity index (χ0n) is 22.1. The van der Waals surface area contributed by atoms with Gasteiger partial charge in [0.05, 0.1) is 10.6 Å². The maximum atomic E-state index is 14.0. The van der Waals surface area contributed by atoms with E-state index in [0.29, 0.717) is 22.1 Å². The minimum atomic E-state index is -3.83. The number of Topliss-reactive ketones (excluding diaryl/α,β-unsaturated/α-hetero) is 1. The van der Waals surface area contributed by atoms with Crippen molar-refractivity contribution >= 4 is 21.5 Å². The van der Waals surface area contributed by atoms with E-state index in [4.69, 9.17) is 0 Å². The fourth-order valence-electron chi connectivity index (χ4n) is 5.37. The molecule has 196 valence electrons. The summed E-state index contributed by atoms with van der Waals surface area (Å²) < 4.78 is 29.5. The van der Waals surface area contributed by atoms with Crippen LogP contribution in [0.25, 0.3) is 0 Å². The maximum Gasteiger partial charge on any atom is 0.264 e. The molecule has 2 aromatic rings. The van der Waals surface area contributed by atoms with E-state index in [2.05, 4.69) is 47.8 Å². The lowest BCUT2D eigenvalue weighted by Gasteiger charge is -2.32. The molecule has 0 bridgehead atoms. The number of carbonyl (C=O) groups is 1. The number of rotatable bonds is 10. The fourth-order valence-corrected chi connectivity index (χ4v) is 7.19. The Labute approximate surface area is 222 Å². The van der Waals surface area contributed by atoms with E-state index in [1.54, 1.807) is 6.07 Å². The summed E-state index contributed by atoms with van der Waals surface area (Å²) >= 11 is 0. The van der Waals surface area contributed by atoms with Gasteiger partial charge in [-0.3, -0.25) is 9.10 Å². The van der Waals surface area contributed by atoms with Crippen molar-refractivity contribution in [3.8, 4) is 0 Å². The molecule has 1 atom stereocenters. The van der Waals surface area contributed by atoms with Gasteiger partial charge in [0.2, 0.25) is 0 Å². The molecule has 1 aliphatic carbocycles. The van der Waals surface area contributed by atoms with E-state index in [-0.39, 0.29) is 24.7 Å². The summed E-state index contributed by atoms with van der Waals surface area (Å²) in [6.45, 7) is 4.67. The van der Waals surface area contributed by atoms with E-state index in [1.807, 2.05) is 45.2 Å². The Morgan fingerprint density at radius 3 is 2.49 bits per heavy atom. The van der Waals surface area contributed by atoms with Gasteiger partial charge in [-0.2, -0.15) is 0 Å². The average molecular weight is 519 g/mol. The van der Waals surface area contributed by atoms with Crippen LogP contribution in [-0.2, 0) is 10.0 Å². The number of hydrogen-bond donors (Lipinski definition) is 1. The van der Waals surface area contributed by atoms with E-state index in [1.165, 1.54) is 4.31 Å². The minimum absolute atomic E-state index is 0.00389. The molecular weight excluding hydrogens is 480 g/mol. The van der Waals surface area contributed by atoms with Crippen molar-refractivity contribution < 1.29 is 13.2 Å². The van der Waals surface area contributed by atoms with Crippen molar-refractivity contribution in [2.45, 2.75) is 56.8 Å². The molecule has 1 heterocycles. The van der Waals surface area contributed by atoms with Crippen LogP contribution in [0.1, 0.15) is 65.1 Å². The first kappa shape index (κ1) is 27.1. The zero-order chi connectivity index (χ0) is 26.4. The molecule has 0 saturated carbocycles. The van der Waals surface area contributed by atoms with Gasteiger partial charge in [0.1, 0.15) is 0 Å². The van der Waals surface area contributed by atoms with Crippen molar-refractivity contribution in [1.82, 2.24) is 5.32 Å². The quantitative estimate of drug-likeness (QED) is 0.378. The van der Waals surface area contributed by atoms with Gasteiger partial charge in [0.15, 0.2) is 5.78 Å². The fraction of sp³-hybridized carbons (Fsp3) is 0.387. The summed E-state index contributed by atoms with van der Waals surface area (Å²) in [5, 5.41) is 3.30. The van der Waals surface area contributed by atoms with Crippen LogP contribution >= 0.6 is 0 Å². The molecule has 4 rings (SSSR count). The first-order valence-corrected chi connectivity index (χ1v) is 14.7. The number of anilines is 1. The van der Waals surface area contributed by atoms with Crippen LogP contribution in [0.4, 0.5) is 5.69 Å². The number of aryl methyl sites for hydroxylation is 2. The Morgan fingerprint density at radius 1 is 1.00 bits per heavy atom. The van der Waals surface area contributed by atoms with Gasteiger partial charge < -0.3 is 5.32 Å². The SMILES string of the molecule is CNCC(CCCCC1C=CC=CC=C1)c1ccc(C)c(S(=O)(=O)N2CCC(=O)c3cccc(C)c32)c1. The molecule has 0 spiro atoms. The Bertz CT molecular complexity index is 1310. The summed E-state index contributed by atoms with van der Waals surface area (Å²) in [6, 6.07) is 11.3. The smallest absolute Gasteiger partial charge is 0.264 e. The molecular formula is C31H38N2O3S. The van der Waals surface area contributed by atoms with Gasteiger partial charge in [0.25, 0.3) is 10.0 Å². The number of benzene rings is 2. The standard InChI is InChI=1S/C31H38N2O3S/c1-23-17-18-26(27(22-32-3)15-9-8-14-25-12-6-4-5-7-13-25)21-30(23)37(35,36)33-20-19-29(34)28-16-10-11-24(2)31(28)33/h4-7,10-13,16-18,21,25,27,32H,8-9,14-15,19-20,22H2,1-3H3. The Morgan fingerprint density at radius 2 is 1.76 bits per heavy atom. The van der Waals surface area contributed by atoms with Crippen molar-refractivity contribution in [2.75, 3.05) is 24.4 Å². The van der Waals surface area contributed by atoms with Crippen LogP contribution in [-0.4, -0.2) is 34.3 Å². The molecule has 1 unspecified atom stereocenters. The van der Waals surface area contributed by atoms with Crippen LogP contribution in [0, 0.1) is 19.8 Å². The third-order valence-electron chi connectivity index (χ3n) is 7.42. The number of hydrogen-bond acceptors (Lipinski definition) is 4. The normalized spacial score (nSPS) is 16.6. The highest BCUT2D eigenvalue weighted by Gasteiger charge is 2.34. The Balaban J connectivity index is 1.55. The molecule has 0 radical (unpaired) electrons. The summed E-state index contributed by atoms with van der Waals surface area (Å²) in [6.07, 6.45) is 17.3. The van der Waals surface area contributed by atoms with Gasteiger partial charge in [-0.1, -0.05) is 73.6 Å². The van der Waals surface area contributed by atoms with Gasteiger partial charge in [-0.25, -0.2) is 8.42 Å². The summed E-state index contributed by atoms with van der Waals surface area (Å²) in [7, 11) is -1.88. The van der Waals surface area contributed by atoms with Gasteiger partial charge >= 0.3 is 0 Å². The number of ketones is 1. The second-order valence-corrected chi connectivity index (χ2v) is 11.9. The molecule has 2 aromatic carbocycles. The molecule has 1 N–H and O–H groups in total. The first-order valence-electron chi connectivity index (χ1n) is 13.2. The molecule has 2 aliphatic rings. The van der Waals surface area contributed by atoms with Crippen LogP contribution in [0.5, 0.6) is 0 Å². The largest absolute Gasteiger partial charge is 0.319 e. The number of fused-ring (bicyclic) bond motifs is 1. The molecule has 1 aliphatic heterocycles. The van der Waals surface area contributed by atoms with Crippen LogP contribution in [0.15, 0.2) is 77.7 Å². The third kappa shape index (κ3) is 6.13. The summed E-state index contributed by atoms with van der Waals surface area (Å²) in [4.78, 5) is 12.9. The van der Waals surface area contributed by atoms with E-state index in [9.17, 15) is 13.2 Å². The number of likely N-dealkylation sites (N-methyl/N-ethyl adjacent to an activating group) is 1. The number of nitrogens with one attached hydrogen (secondary N) is 1. The highest BCUT2D eigenvalue weighted by atomic mass is 32.2. The van der Waals surface area contributed by atoms with Gasteiger partial charge in [-0.15, -0.1) is 0 Å². The number of sulfonamides is 1. The number of nitrogens with zero attached hydrogens (tertiary/aromatic N) is 1. The van der Waals surface area contributed by atoms with Gasteiger partial charge in [0, 0.05) is 25.1 Å². The second kappa shape index (κ2) is 12.1. The van der Waals surface area contributed by atoms with Gasteiger partial charge in [-0.05, 0) is 74.4 Å². The molecule has 0 fully saturated rings. The van der Waals surface area contributed by atoms with Crippen molar-refractivity contribution in [1.29, 1.82) is 0 Å². The van der Waals surface area contributed by atoms with E-state index >= 15 is 0 Å². The first-order chi connectivity index (χ1) is 17.8. The molecule has 5 nitrogen and oxygen atoms in total. The van der Waals surface area contributed by atoms with E-state index < -0.39 is 10.0 Å². The predicted molar refractivity (Wildman–Crippen MR) is 152 cm³/mol. The van der Waals surface area contributed by atoms with E-state index in [0.717, 1.165) is 48.9 Å². The number of para-hydroxylation sites is 1. The van der Waals surface area contributed by atoms with Crippen LogP contribution in [0.3, 0.4) is 0 Å². The van der Waals surface area contributed by atoms with Crippen molar-refractivity contribution in [3.63, 3.8) is 0 Å². The lowest BCUT2D eigenvalue weighted by Crippen LogP contribution is -2.38. The molecule has 0 amide bonds. The van der Waals surface area contributed by atoms with Crippen LogP contribution < -0.4 is 9.62 Å². The van der Waals surface area contributed by atoms with Crippen LogP contribution in [0.2, 0.25) is 0 Å². The zero-order valence-corrected chi connectivity index (χ0v) is 22.9. The monoisotopic (exact) mass is 518 g/mol. The second-order valence-electron chi connectivity index (χ2n) is 10.1. The third-order valence-corrected chi connectivity index (χ3v) is 9.36. The minimum Gasteiger partial charge on any atom is -0.319 e. The van der Waals surface area contributed by atoms with Crippen molar-refractivity contribution in [2.24, 2.45) is 5.92 Å². The molecule has 0 saturated heterocycles.